The average molecular weight is 263 g/mol. The minimum Gasteiger partial charge on any atom is -0.493 e. The monoisotopic (exact) mass is 263 g/mol. The van der Waals surface area contributed by atoms with Crippen molar-refractivity contribution in [1.29, 1.82) is 0 Å². The van der Waals surface area contributed by atoms with E-state index in [1.807, 2.05) is 6.07 Å². The Morgan fingerprint density at radius 2 is 2.00 bits per heavy atom. The highest BCUT2D eigenvalue weighted by atomic mass is 16.5. The highest BCUT2D eigenvalue weighted by Crippen LogP contribution is 2.34. The van der Waals surface area contributed by atoms with Crippen molar-refractivity contribution in [2.24, 2.45) is 5.73 Å². The Morgan fingerprint density at radius 1 is 1.26 bits per heavy atom. The van der Waals surface area contributed by atoms with Gasteiger partial charge in [0.2, 0.25) is 0 Å². The van der Waals surface area contributed by atoms with E-state index in [1.165, 1.54) is 18.4 Å². The first-order valence-corrected chi connectivity index (χ1v) is 7.33. The van der Waals surface area contributed by atoms with Crippen molar-refractivity contribution in [1.82, 2.24) is 0 Å². The Balaban J connectivity index is 2.19. The maximum atomic E-state index is 6.11. The molecule has 1 aliphatic rings. The lowest BCUT2D eigenvalue weighted by Gasteiger charge is -2.19. The predicted molar refractivity (Wildman–Crippen MR) is 78.0 cm³/mol. The number of hydrogen-bond acceptors (Lipinski definition) is 3. The normalized spacial score (nSPS) is 17.4. The van der Waals surface area contributed by atoms with Crippen LogP contribution in [0.5, 0.6) is 11.5 Å². The van der Waals surface area contributed by atoms with Gasteiger partial charge in [0.25, 0.3) is 0 Å². The van der Waals surface area contributed by atoms with Crippen LogP contribution in [0.4, 0.5) is 0 Å². The van der Waals surface area contributed by atoms with Crippen LogP contribution in [-0.2, 0) is 0 Å². The van der Waals surface area contributed by atoms with E-state index in [4.69, 9.17) is 15.2 Å². The summed E-state index contributed by atoms with van der Waals surface area (Å²) in [5.74, 6) is 2.10. The van der Waals surface area contributed by atoms with Crippen LogP contribution in [0.15, 0.2) is 18.2 Å². The number of hydrogen-bond donors (Lipinski definition) is 1. The summed E-state index contributed by atoms with van der Waals surface area (Å²) >= 11 is 0. The second-order valence-corrected chi connectivity index (χ2v) is 5.28. The first-order valence-electron chi connectivity index (χ1n) is 7.33. The number of rotatable bonds is 6. The van der Waals surface area contributed by atoms with E-state index in [0.717, 1.165) is 30.8 Å². The van der Waals surface area contributed by atoms with Crippen LogP contribution in [0.1, 0.15) is 50.5 Å². The van der Waals surface area contributed by atoms with Crippen LogP contribution in [0.2, 0.25) is 0 Å². The van der Waals surface area contributed by atoms with Gasteiger partial charge < -0.3 is 15.2 Å². The van der Waals surface area contributed by atoms with Gasteiger partial charge in [0.15, 0.2) is 11.5 Å². The molecule has 0 aliphatic heterocycles. The molecule has 3 nitrogen and oxygen atoms in total. The van der Waals surface area contributed by atoms with Gasteiger partial charge in [-0.25, -0.2) is 0 Å². The highest BCUT2D eigenvalue weighted by Gasteiger charge is 2.19. The Bertz CT molecular complexity index is 396. The molecule has 1 aromatic carbocycles. The number of methoxy groups -OCH3 is 1. The molecule has 0 spiro atoms. The van der Waals surface area contributed by atoms with Crippen molar-refractivity contribution < 1.29 is 9.47 Å². The number of benzene rings is 1. The number of nitrogens with two attached hydrogens (primary N) is 1. The van der Waals surface area contributed by atoms with Gasteiger partial charge in [0.05, 0.1) is 13.2 Å². The Hall–Kier alpha value is -1.22. The van der Waals surface area contributed by atoms with Crippen molar-refractivity contribution in [3.05, 3.63) is 23.8 Å². The SMILES string of the molecule is CCC(CN)c1ccc(OC)c(OC2CCCC2)c1. The molecular weight excluding hydrogens is 238 g/mol. The molecule has 0 heterocycles. The lowest BCUT2D eigenvalue weighted by Crippen LogP contribution is -2.14. The van der Waals surface area contributed by atoms with E-state index < -0.39 is 0 Å². The Morgan fingerprint density at radius 3 is 2.58 bits per heavy atom. The van der Waals surface area contributed by atoms with Crippen LogP contribution in [-0.4, -0.2) is 19.8 Å². The third-order valence-corrected chi connectivity index (χ3v) is 4.03. The average Bonchev–Trinajstić information content (AvgIpc) is 2.93. The van der Waals surface area contributed by atoms with Gasteiger partial charge in [0.1, 0.15) is 0 Å². The van der Waals surface area contributed by atoms with Crippen LogP contribution in [0, 0.1) is 0 Å². The van der Waals surface area contributed by atoms with E-state index in [0.29, 0.717) is 18.6 Å². The molecule has 1 saturated carbocycles. The molecule has 0 saturated heterocycles. The largest absolute Gasteiger partial charge is 0.493 e. The second-order valence-electron chi connectivity index (χ2n) is 5.28. The molecule has 1 aliphatic carbocycles. The third-order valence-electron chi connectivity index (χ3n) is 4.03. The lowest BCUT2D eigenvalue weighted by molar-refractivity contribution is 0.200. The molecule has 106 valence electrons. The van der Waals surface area contributed by atoms with Crippen molar-refractivity contribution in [2.45, 2.75) is 51.0 Å². The minimum absolute atomic E-state index is 0.349. The highest BCUT2D eigenvalue weighted by molar-refractivity contribution is 5.44. The van der Waals surface area contributed by atoms with Crippen LogP contribution >= 0.6 is 0 Å². The molecule has 1 aromatic rings. The summed E-state index contributed by atoms with van der Waals surface area (Å²) in [6.07, 6.45) is 6.25. The molecule has 1 unspecified atom stereocenters. The molecule has 0 radical (unpaired) electrons. The summed E-state index contributed by atoms with van der Waals surface area (Å²) in [5, 5.41) is 0. The maximum Gasteiger partial charge on any atom is 0.161 e. The molecule has 0 aromatic heterocycles. The Labute approximate surface area is 116 Å². The van der Waals surface area contributed by atoms with Crippen molar-refractivity contribution in [3.8, 4) is 11.5 Å². The molecule has 3 heteroatoms. The smallest absolute Gasteiger partial charge is 0.161 e. The predicted octanol–water partition coefficient (Wildman–Crippen LogP) is 3.47. The topological polar surface area (TPSA) is 44.5 Å². The summed E-state index contributed by atoms with van der Waals surface area (Å²) in [6, 6.07) is 6.21. The van der Waals surface area contributed by atoms with E-state index in [1.54, 1.807) is 7.11 Å². The summed E-state index contributed by atoms with van der Waals surface area (Å²) in [5.41, 5.74) is 7.08. The van der Waals surface area contributed by atoms with Crippen LogP contribution in [0.25, 0.3) is 0 Å². The van der Waals surface area contributed by atoms with Gasteiger partial charge in [-0.1, -0.05) is 13.0 Å². The Kier molecular flexibility index (Phi) is 5.08. The molecular formula is C16H25NO2. The van der Waals surface area contributed by atoms with E-state index >= 15 is 0 Å². The molecule has 0 amide bonds. The van der Waals surface area contributed by atoms with Crippen molar-refractivity contribution in [2.75, 3.05) is 13.7 Å². The lowest BCUT2D eigenvalue weighted by atomic mass is 9.96. The summed E-state index contributed by atoms with van der Waals surface area (Å²) < 4.78 is 11.5. The fourth-order valence-corrected chi connectivity index (χ4v) is 2.76. The molecule has 19 heavy (non-hydrogen) atoms. The zero-order valence-electron chi connectivity index (χ0n) is 12.0. The zero-order chi connectivity index (χ0) is 13.7. The maximum absolute atomic E-state index is 6.11. The van der Waals surface area contributed by atoms with Crippen molar-refractivity contribution >= 4 is 0 Å². The number of ether oxygens (including phenoxy) is 2. The quantitative estimate of drug-likeness (QED) is 0.854. The first-order chi connectivity index (χ1) is 9.28. The molecule has 2 rings (SSSR count). The summed E-state index contributed by atoms with van der Waals surface area (Å²) in [4.78, 5) is 0. The minimum atomic E-state index is 0.349. The van der Waals surface area contributed by atoms with Gasteiger partial charge in [-0.05, 0) is 62.3 Å². The zero-order valence-corrected chi connectivity index (χ0v) is 12.0. The van der Waals surface area contributed by atoms with Crippen molar-refractivity contribution in [3.63, 3.8) is 0 Å². The van der Waals surface area contributed by atoms with Gasteiger partial charge in [-0.3, -0.25) is 0 Å². The molecule has 1 atom stereocenters. The fourth-order valence-electron chi connectivity index (χ4n) is 2.76. The van der Waals surface area contributed by atoms with Gasteiger partial charge in [-0.2, -0.15) is 0 Å². The molecule has 1 fully saturated rings. The van der Waals surface area contributed by atoms with Crippen LogP contribution < -0.4 is 15.2 Å². The van der Waals surface area contributed by atoms with Crippen LogP contribution in [0.3, 0.4) is 0 Å². The standard InChI is InChI=1S/C16H25NO2/c1-3-12(11-17)13-8-9-15(18-2)16(10-13)19-14-6-4-5-7-14/h8-10,12,14H,3-7,11,17H2,1-2H3. The van der Waals surface area contributed by atoms with Gasteiger partial charge >= 0.3 is 0 Å². The summed E-state index contributed by atoms with van der Waals surface area (Å²) in [6.45, 7) is 2.84. The molecule has 2 N–H and O–H groups in total. The fraction of sp³-hybridized carbons (Fsp3) is 0.625. The molecule has 0 bridgehead atoms. The third kappa shape index (κ3) is 3.41. The van der Waals surface area contributed by atoms with Gasteiger partial charge in [0, 0.05) is 0 Å². The first kappa shape index (κ1) is 14.2. The van der Waals surface area contributed by atoms with E-state index in [9.17, 15) is 0 Å². The summed E-state index contributed by atoms with van der Waals surface area (Å²) in [7, 11) is 1.69. The van der Waals surface area contributed by atoms with E-state index in [-0.39, 0.29) is 0 Å². The van der Waals surface area contributed by atoms with Gasteiger partial charge in [-0.15, -0.1) is 0 Å². The second kappa shape index (κ2) is 6.80. The van der Waals surface area contributed by atoms with E-state index in [2.05, 4.69) is 19.1 Å².